The van der Waals surface area contributed by atoms with Gasteiger partial charge in [0.15, 0.2) is 5.96 Å². The molecule has 0 saturated carbocycles. The van der Waals surface area contributed by atoms with E-state index in [0.717, 1.165) is 16.9 Å². The number of aliphatic imine (C=N–C) groups is 1. The van der Waals surface area contributed by atoms with Crippen molar-refractivity contribution in [3.63, 3.8) is 0 Å². The Morgan fingerprint density at radius 3 is 2.75 bits per heavy atom. The summed E-state index contributed by atoms with van der Waals surface area (Å²) in [5.41, 5.74) is 10.2. The van der Waals surface area contributed by atoms with Gasteiger partial charge >= 0.3 is 0 Å². The number of nitrogens with two attached hydrogens (primary N) is 1. The molecule has 5 nitrogen and oxygen atoms in total. The highest BCUT2D eigenvalue weighted by atomic mass is 127. The molecule has 3 aromatic rings. The molecule has 0 fully saturated rings. The van der Waals surface area contributed by atoms with Gasteiger partial charge in [-0.25, -0.2) is 9.67 Å². The predicted octanol–water partition coefficient (Wildman–Crippen LogP) is 3.73. The monoisotopic (exact) mass is 433 g/mol. The van der Waals surface area contributed by atoms with E-state index in [-0.39, 0.29) is 24.0 Å². The van der Waals surface area contributed by atoms with E-state index in [9.17, 15) is 0 Å². The van der Waals surface area contributed by atoms with E-state index in [1.54, 1.807) is 6.20 Å². The van der Waals surface area contributed by atoms with Gasteiger partial charge in [-0.2, -0.15) is 5.10 Å². The minimum absolute atomic E-state index is 0. The smallest absolute Gasteiger partial charge is 0.193 e. The number of anilines is 1. The number of halogens is 1. The molecule has 0 aliphatic rings. The molecule has 3 N–H and O–H groups in total. The van der Waals surface area contributed by atoms with Crippen molar-refractivity contribution in [1.29, 1.82) is 0 Å². The Kier molecular flexibility index (Phi) is 6.36. The molecule has 24 heavy (non-hydrogen) atoms. The fourth-order valence-corrected chi connectivity index (χ4v) is 2.31. The molecule has 0 aliphatic carbocycles. The maximum Gasteiger partial charge on any atom is 0.193 e. The van der Waals surface area contributed by atoms with Crippen LogP contribution in [-0.4, -0.2) is 15.7 Å². The zero-order valence-corrected chi connectivity index (χ0v) is 15.7. The molecule has 2 aromatic carbocycles. The fourth-order valence-electron chi connectivity index (χ4n) is 2.31. The van der Waals surface area contributed by atoms with E-state index >= 15 is 0 Å². The zero-order valence-electron chi connectivity index (χ0n) is 13.4. The molecule has 0 bridgehead atoms. The van der Waals surface area contributed by atoms with E-state index < -0.39 is 0 Å². The number of hydrogen-bond acceptors (Lipinski definition) is 2. The van der Waals surface area contributed by atoms with Crippen LogP contribution in [0.5, 0.6) is 0 Å². The van der Waals surface area contributed by atoms with Crippen molar-refractivity contribution in [3.05, 3.63) is 78.1 Å². The third-order valence-electron chi connectivity index (χ3n) is 3.40. The molecule has 0 radical (unpaired) electrons. The first kappa shape index (κ1) is 18.0. The van der Waals surface area contributed by atoms with Crippen molar-refractivity contribution in [2.45, 2.75) is 13.5 Å². The highest BCUT2D eigenvalue weighted by molar-refractivity contribution is 14.0. The summed E-state index contributed by atoms with van der Waals surface area (Å²) in [6, 6.07) is 18.0. The standard InChI is InChI=1S/C18H19N5.HI/c1-14-5-2-7-16(11-14)22-18(19)20-13-15-6-3-8-17(12-15)23-10-4-9-21-23;/h2-12H,13H2,1H3,(H3,19,20,22);1H. The summed E-state index contributed by atoms with van der Waals surface area (Å²) in [6.07, 6.45) is 3.67. The lowest BCUT2D eigenvalue weighted by molar-refractivity contribution is 0.876. The number of aromatic nitrogens is 2. The van der Waals surface area contributed by atoms with Gasteiger partial charge < -0.3 is 11.1 Å². The SMILES string of the molecule is Cc1cccc(NC(N)=NCc2cccc(-n3cccn3)c2)c1.I. The average molecular weight is 433 g/mol. The first-order chi connectivity index (χ1) is 11.2. The quantitative estimate of drug-likeness (QED) is 0.375. The summed E-state index contributed by atoms with van der Waals surface area (Å²) in [7, 11) is 0. The third-order valence-corrected chi connectivity index (χ3v) is 3.40. The van der Waals surface area contributed by atoms with Gasteiger partial charge in [0.2, 0.25) is 0 Å². The van der Waals surface area contributed by atoms with Crippen molar-refractivity contribution in [3.8, 4) is 5.69 Å². The number of nitrogens with one attached hydrogen (secondary N) is 1. The molecule has 6 heteroatoms. The van der Waals surface area contributed by atoms with Gasteiger partial charge in [-0.05, 0) is 48.4 Å². The van der Waals surface area contributed by atoms with E-state index in [1.807, 2.05) is 66.3 Å². The van der Waals surface area contributed by atoms with Crippen molar-refractivity contribution < 1.29 is 0 Å². The van der Waals surface area contributed by atoms with Gasteiger partial charge in [-0.3, -0.25) is 0 Å². The molecule has 0 atom stereocenters. The van der Waals surface area contributed by atoms with Gasteiger partial charge in [-0.15, -0.1) is 24.0 Å². The number of aryl methyl sites for hydroxylation is 1. The summed E-state index contributed by atoms with van der Waals surface area (Å²) in [4.78, 5) is 4.40. The van der Waals surface area contributed by atoms with Crippen LogP contribution < -0.4 is 11.1 Å². The number of hydrogen-bond donors (Lipinski definition) is 2. The lowest BCUT2D eigenvalue weighted by Gasteiger charge is -2.07. The van der Waals surface area contributed by atoms with Crippen molar-refractivity contribution in [1.82, 2.24) is 9.78 Å². The highest BCUT2D eigenvalue weighted by Gasteiger charge is 1.99. The average Bonchev–Trinajstić information content (AvgIpc) is 3.08. The molecule has 1 heterocycles. The number of rotatable bonds is 4. The second-order valence-corrected chi connectivity index (χ2v) is 5.32. The maximum atomic E-state index is 5.96. The normalized spacial score (nSPS) is 11.0. The topological polar surface area (TPSA) is 68.2 Å². The molecule has 124 valence electrons. The molecular weight excluding hydrogens is 413 g/mol. The molecule has 0 unspecified atom stereocenters. The van der Waals surface area contributed by atoms with Crippen LogP contribution in [0.3, 0.4) is 0 Å². The Morgan fingerprint density at radius 2 is 2.00 bits per heavy atom. The number of nitrogens with zero attached hydrogens (tertiary/aromatic N) is 3. The minimum atomic E-state index is 0. The Bertz CT molecular complexity index is 812. The van der Waals surface area contributed by atoms with E-state index in [1.165, 1.54) is 5.56 Å². The van der Waals surface area contributed by atoms with Crippen LogP contribution in [-0.2, 0) is 6.54 Å². The largest absolute Gasteiger partial charge is 0.370 e. The molecule has 0 spiro atoms. The zero-order chi connectivity index (χ0) is 16.1. The molecular formula is C18H20IN5. The highest BCUT2D eigenvalue weighted by Crippen LogP contribution is 2.11. The fraction of sp³-hybridized carbons (Fsp3) is 0.111. The molecule has 0 saturated heterocycles. The van der Waals surface area contributed by atoms with E-state index in [2.05, 4.69) is 21.5 Å². The van der Waals surface area contributed by atoms with Crippen molar-refractivity contribution in [2.24, 2.45) is 10.7 Å². The first-order valence-electron chi connectivity index (χ1n) is 7.43. The summed E-state index contributed by atoms with van der Waals surface area (Å²) in [6.45, 7) is 2.55. The molecule has 0 amide bonds. The third kappa shape index (κ3) is 4.82. The van der Waals surface area contributed by atoms with Crippen molar-refractivity contribution >= 4 is 35.6 Å². The van der Waals surface area contributed by atoms with Crippen LogP contribution in [0.4, 0.5) is 5.69 Å². The summed E-state index contributed by atoms with van der Waals surface area (Å²) < 4.78 is 1.82. The second kappa shape index (κ2) is 8.49. The van der Waals surface area contributed by atoms with Gasteiger partial charge in [-0.1, -0.05) is 24.3 Å². The van der Waals surface area contributed by atoms with Gasteiger partial charge in [0.25, 0.3) is 0 Å². The lowest BCUT2D eigenvalue weighted by atomic mass is 10.2. The van der Waals surface area contributed by atoms with Crippen molar-refractivity contribution in [2.75, 3.05) is 5.32 Å². The molecule has 1 aromatic heterocycles. The predicted molar refractivity (Wildman–Crippen MR) is 109 cm³/mol. The van der Waals surface area contributed by atoms with E-state index in [0.29, 0.717) is 12.5 Å². The molecule has 0 aliphatic heterocycles. The summed E-state index contributed by atoms with van der Waals surface area (Å²) >= 11 is 0. The Labute approximate surface area is 158 Å². The number of guanidine groups is 1. The lowest BCUT2D eigenvalue weighted by Crippen LogP contribution is -2.22. The summed E-state index contributed by atoms with van der Waals surface area (Å²) in [5.74, 6) is 0.403. The minimum Gasteiger partial charge on any atom is -0.370 e. The Hall–Kier alpha value is -2.35. The van der Waals surface area contributed by atoms with E-state index in [4.69, 9.17) is 5.73 Å². The maximum absolute atomic E-state index is 5.96. The van der Waals surface area contributed by atoms with Gasteiger partial charge in [0.05, 0.1) is 12.2 Å². The number of benzene rings is 2. The van der Waals surface area contributed by atoms with Crippen LogP contribution >= 0.6 is 24.0 Å². The Balaban J connectivity index is 0.00000208. The van der Waals surface area contributed by atoms with Crippen LogP contribution in [0.15, 0.2) is 72.0 Å². The van der Waals surface area contributed by atoms with Gasteiger partial charge in [0.1, 0.15) is 0 Å². The van der Waals surface area contributed by atoms with Crippen LogP contribution in [0.1, 0.15) is 11.1 Å². The van der Waals surface area contributed by atoms with Gasteiger partial charge in [0, 0.05) is 18.1 Å². The Morgan fingerprint density at radius 1 is 1.17 bits per heavy atom. The molecule has 3 rings (SSSR count). The van der Waals surface area contributed by atoms with Crippen LogP contribution in [0.25, 0.3) is 5.69 Å². The second-order valence-electron chi connectivity index (χ2n) is 5.32. The summed E-state index contributed by atoms with van der Waals surface area (Å²) in [5, 5.41) is 7.34. The van der Waals surface area contributed by atoms with Crippen LogP contribution in [0, 0.1) is 6.92 Å². The first-order valence-corrected chi connectivity index (χ1v) is 7.43. The van der Waals surface area contributed by atoms with Crippen LogP contribution in [0.2, 0.25) is 0 Å².